The van der Waals surface area contributed by atoms with Crippen LogP contribution in [-0.4, -0.2) is 39.7 Å². The Kier molecular flexibility index (Phi) is 5.46. The van der Waals surface area contributed by atoms with Crippen molar-refractivity contribution in [3.8, 4) is 0 Å². The van der Waals surface area contributed by atoms with Crippen LogP contribution in [0.3, 0.4) is 0 Å². The molecular weight excluding hydrogens is 328 g/mol. The standard InChI is InChI=1S/C15H20N6O2S/c1-10(14(22)16-6-7-24-13-8-18-20-19-13)21-9-17-12-5-3-2-4-11(12)15(21)23/h2-5,9-10,13,18-20H,6-8H2,1H3,(H,16,22). The SMILES string of the molecule is CC(C(=O)NCCSC1CNNN1)n1cnc2ccccc2c1=O. The van der Waals surface area contributed by atoms with E-state index in [0.717, 1.165) is 12.3 Å². The second-order valence-corrected chi connectivity index (χ2v) is 6.76. The zero-order chi connectivity index (χ0) is 16.9. The number of nitrogens with zero attached hydrogens (tertiary/aromatic N) is 2. The first-order valence-electron chi connectivity index (χ1n) is 7.75. The van der Waals surface area contributed by atoms with Gasteiger partial charge in [-0.1, -0.05) is 12.1 Å². The summed E-state index contributed by atoms with van der Waals surface area (Å²) >= 11 is 1.71. The van der Waals surface area contributed by atoms with Crippen molar-refractivity contribution >= 4 is 28.6 Å². The molecule has 24 heavy (non-hydrogen) atoms. The Bertz CT molecular complexity index is 774. The molecule has 9 heteroatoms. The number of aromatic nitrogens is 2. The summed E-state index contributed by atoms with van der Waals surface area (Å²) in [5.41, 5.74) is 9.28. The van der Waals surface area contributed by atoms with Gasteiger partial charge in [0.05, 0.1) is 22.6 Å². The zero-order valence-electron chi connectivity index (χ0n) is 13.3. The van der Waals surface area contributed by atoms with Crippen molar-refractivity contribution in [3.05, 3.63) is 40.9 Å². The van der Waals surface area contributed by atoms with Gasteiger partial charge in [0.2, 0.25) is 5.91 Å². The molecule has 2 aromatic rings. The first-order valence-corrected chi connectivity index (χ1v) is 8.80. The molecule has 1 amide bonds. The highest BCUT2D eigenvalue weighted by Gasteiger charge is 2.18. The fourth-order valence-electron chi connectivity index (χ4n) is 2.44. The van der Waals surface area contributed by atoms with Gasteiger partial charge in [0.25, 0.3) is 5.56 Å². The number of carbonyl (C=O) groups is 1. The van der Waals surface area contributed by atoms with Crippen LogP contribution < -0.4 is 27.3 Å². The summed E-state index contributed by atoms with van der Waals surface area (Å²) in [6.07, 6.45) is 1.43. The van der Waals surface area contributed by atoms with E-state index in [1.54, 1.807) is 36.9 Å². The summed E-state index contributed by atoms with van der Waals surface area (Å²) in [4.78, 5) is 29.0. The van der Waals surface area contributed by atoms with E-state index in [0.29, 0.717) is 17.4 Å². The minimum Gasteiger partial charge on any atom is -0.353 e. The average Bonchev–Trinajstić information content (AvgIpc) is 3.12. The topological polar surface area (TPSA) is 100 Å². The van der Waals surface area contributed by atoms with E-state index in [1.807, 2.05) is 6.07 Å². The van der Waals surface area contributed by atoms with Crippen molar-refractivity contribution in [2.45, 2.75) is 18.3 Å². The molecule has 1 saturated heterocycles. The molecule has 8 nitrogen and oxygen atoms in total. The third kappa shape index (κ3) is 3.75. The van der Waals surface area contributed by atoms with Crippen LogP contribution in [0.2, 0.25) is 0 Å². The quantitative estimate of drug-likeness (QED) is 0.534. The van der Waals surface area contributed by atoms with E-state index in [9.17, 15) is 9.59 Å². The Morgan fingerprint density at radius 2 is 2.33 bits per heavy atom. The summed E-state index contributed by atoms with van der Waals surface area (Å²) in [7, 11) is 0. The predicted molar refractivity (Wildman–Crippen MR) is 94.2 cm³/mol. The highest BCUT2D eigenvalue weighted by atomic mass is 32.2. The lowest BCUT2D eigenvalue weighted by atomic mass is 10.2. The highest BCUT2D eigenvalue weighted by molar-refractivity contribution is 7.99. The van der Waals surface area contributed by atoms with Gasteiger partial charge in [0, 0.05) is 18.8 Å². The van der Waals surface area contributed by atoms with Crippen molar-refractivity contribution in [1.82, 2.24) is 31.3 Å². The maximum atomic E-state index is 12.5. The summed E-state index contributed by atoms with van der Waals surface area (Å²) in [6, 6.07) is 6.52. The first-order chi connectivity index (χ1) is 11.7. The number of amides is 1. The Balaban J connectivity index is 1.59. The van der Waals surface area contributed by atoms with E-state index >= 15 is 0 Å². The monoisotopic (exact) mass is 348 g/mol. The van der Waals surface area contributed by atoms with E-state index in [4.69, 9.17) is 0 Å². The smallest absolute Gasteiger partial charge is 0.261 e. The van der Waals surface area contributed by atoms with Gasteiger partial charge in [-0.3, -0.25) is 14.2 Å². The number of hydrogen-bond acceptors (Lipinski definition) is 7. The molecule has 0 spiro atoms. The molecule has 1 aliphatic heterocycles. The molecule has 0 saturated carbocycles. The van der Waals surface area contributed by atoms with Crippen LogP contribution >= 0.6 is 11.8 Å². The van der Waals surface area contributed by atoms with Crippen LogP contribution in [0.15, 0.2) is 35.4 Å². The summed E-state index contributed by atoms with van der Waals surface area (Å²) in [5, 5.41) is 3.66. The fraction of sp³-hybridized carbons (Fsp3) is 0.400. The van der Waals surface area contributed by atoms with Crippen molar-refractivity contribution in [3.63, 3.8) is 0 Å². The minimum atomic E-state index is -0.604. The van der Waals surface area contributed by atoms with Gasteiger partial charge in [-0.25, -0.2) is 15.8 Å². The van der Waals surface area contributed by atoms with E-state index < -0.39 is 6.04 Å². The third-order valence-corrected chi connectivity index (χ3v) is 4.94. The Morgan fingerprint density at radius 3 is 3.12 bits per heavy atom. The zero-order valence-corrected chi connectivity index (χ0v) is 14.1. The molecule has 0 radical (unpaired) electrons. The number of thioether (sulfide) groups is 1. The first kappa shape index (κ1) is 16.9. The van der Waals surface area contributed by atoms with Crippen LogP contribution in [0.4, 0.5) is 0 Å². The van der Waals surface area contributed by atoms with Crippen LogP contribution in [0.1, 0.15) is 13.0 Å². The van der Waals surface area contributed by atoms with Crippen molar-refractivity contribution in [2.75, 3.05) is 18.8 Å². The molecule has 0 aliphatic carbocycles. The molecule has 1 aliphatic rings. The third-order valence-electron chi connectivity index (χ3n) is 3.82. The molecule has 4 N–H and O–H groups in total. The lowest BCUT2D eigenvalue weighted by molar-refractivity contribution is -0.123. The van der Waals surface area contributed by atoms with Gasteiger partial charge in [0.15, 0.2) is 0 Å². The molecule has 1 aromatic carbocycles. The molecule has 2 heterocycles. The summed E-state index contributed by atoms with van der Waals surface area (Å²) in [5.74, 6) is 0.593. The summed E-state index contributed by atoms with van der Waals surface area (Å²) < 4.78 is 1.37. The van der Waals surface area contributed by atoms with Crippen molar-refractivity contribution < 1.29 is 4.79 Å². The largest absolute Gasteiger partial charge is 0.353 e. The maximum absolute atomic E-state index is 12.5. The second kappa shape index (κ2) is 7.75. The van der Waals surface area contributed by atoms with Crippen LogP contribution in [0.25, 0.3) is 10.9 Å². The molecule has 128 valence electrons. The molecule has 1 aromatic heterocycles. The Hall–Kier alpha value is -1.94. The summed E-state index contributed by atoms with van der Waals surface area (Å²) in [6.45, 7) is 3.07. The number of hydrazine groups is 2. The van der Waals surface area contributed by atoms with E-state index in [-0.39, 0.29) is 16.8 Å². The van der Waals surface area contributed by atoms with Crippen LogP contribution in [0, 0.1) is 0 Å². The minimum absolute atomic E-state index is 0.189. The normalized spacial score (nSPS) is 18.6. The number of nitrogens with one attached hydrogen (secondary N) is 4. The van der Waals surface area contributed by atoms with Crippen LogP contribution in [0.5, 0.6) is 0 Å². The highest BCUT2D eigenvalue weighted by Crippen LogP contribution is 2.09. The molecule has 1 fully saturated rings. The van der Waals surface area contributed by atoms with Crippen molar-refractivity contribution in [2.24, 2.45) is 0 Å². The molecule has 3 rings (SSSR count). The van der Waals surface area contributed by atoms with Gasteiger partial charge in [-0.15, -0.1) is 11.8 Å². The van der Waals surface area contributed by atoms with E-state index in [1.165, 1.54) is 10.9 Å². The predicted octanol–water partition coefficient (Wildman–Crippen LogP) is -0.255. The fourth-order valence-corrected chi connectivity index (χ4v) is 3.28. The maximum Gasteiger partial charge on any atom is 0.261 e. The molecule has 2 atom stereocenters. The van der Waals surface area contributed by atoms with E-state index in [2.05, 4.69) is 26.7 Å². The molecular formula is C15H20N6O2S. The lowest BCUT2D eigenvalue weighted by Gasteiger charge is -2.15. The number of rotatable bonds is 6. The van der Waals surface area contributed by atoms with Gasteiger partial charge >= 0.3 is 0 Å². The van der Waals surface area contributed by atoms with Crippen LogP contribution in [-0.2, 0) is 4.79 Å². The van der Waals surface area contributed by atoms with Crippen molar-refractivity contribution in [1.29, 1.82) is 0 Å². The Morgan fingerprint density at radius 1 is 1.50 bits per heavy atom. The average molecular weight is 348 g/mol. The molecule has 0 bridgehead atoms. The number of hydrogen-bond donors (Lipinski definition) is 4. The lowest BCUT2D eigenvalue weighted by Crippen LogP contribution is -2.37. The van der Waals surface area contributed by atoms with Gasteiger partial charge in [-0.2, -0.15) is 5.53 Å². The number of benzene rings is 1. The second-order valence-electron chi connectivity index (χ2n) is 5.45. The number of para-hydroxylation sites is 1. The van der Waals surface area contributed by atoms with Gasteiger partial charge in [0.1, 0.15) is 6.04 Å². The number of fused-ring (bicyclic) bond motifs is 1. The number of carbonyl (C=O) groups excluding carboxylic acids is 1. The Labute approximate surface area is 143 Å². The van der Waals surface area contributed by atoms with Gasteiger partial charge < -0.3 is 5.32 Å². The molecule has 2 unspecified atom stereocenters. The van der Waals surface area contributed by atoms with Gasteiger partial charge in [-0.05, 0) is 19.1 Å².